The third-order valence-electron chi connectivity index (χ3n) is 3.02. The normalized spacial score (nSPS) is 11.7. The van der Waals surface area contributed by atoms with Gasteiger partial charge in [0.1, 0.15) is 16.5 Å². The SMILES string of the molecule is O=S(=O)(Nc1csc(-c2ccsc2)c1Cl)c1cc(F)c(Br)cc1F. The summed E-state index contributed by atoms with van der Waals surface area (Å²) in [5.74, 6) is -1.95. The van der Waals surface area contributed by atoms with Crippen LogP contribution in [0.25, 0.3) is 10.4 Å². The third kappa shape index (κ3) is 3.36. The molecule has 0 atom stereocenters. The molecule has 0 amide bonds. The van der Waals surface area contributed by atoms with Crippen molar-refractivity contribution in [3.05, 3.63) is 55.5 Å². The second kappa shape index (κ2) is 6.72. The molecule has 0 fully saturated rings. The van der Waals surface area contributed by atoms with Crippen molar-refractivity contribution in [2.24, 2.45) is 0 Å². The van der Waals surface area contributed by atoms with Gasteiger partial charge in [-0.15, -0.1) is 11.3 Å². The predicted octanol–water partition coefficient (Wildman–Crippen LogP) is 5.97. The van der Waals surface area contributed by atoms with Crippen LogP contribution in [0, 0.1) is 11.6 Å². The summed E-state index contributed by atoms with van der Waals surface area (Å²) in [6.07, 6.45) is 0. The Morgan fingerprint density at radius 1 is 1.17 bits per heavy atom. The first-order valence-corrected chi connectivity index (χ1v) is 10.7. The van der Waals surface area contributed by atoms with E-state index in [1.165, 1.54) is 28.1 Å². The Morgan fingerprint density at radius 2 is 1.92 bits per heavy atom. The van der Waals surface area contributed by atoms with Gasteiger partial charge in [-0.05, 0) is 44.9 Å². The number of thiophene rings is 2. The molecule has 0 radical (unpaired) electrons. The van der Waals surface area contributed by atoms with Crippen molar-refractivity contribution in [1.29, 1.82) is 0 Å². The molecular formula is C14H7BrClF2NO2S3. The van der Waals surface area contributed by atoms with Crippen LogP contribution in [-0.2, 0) is 10.0 Å². The largest absolute Gasteiger partial charge is 0.277 e. The second-order valence-corrected chi connectivity index (χ2v) is 9.15. The zero-order valence-electron chi connectivity index (χ0n) is 11.5. The van der Waals surface area contributed by atoms with Crippen LogP contribution in [0.3, 0.4) is 0 Å². The van der Waals surface area contributed by atoms with Crippen LogP contribution in [0.2, 0.25) is 5.02 Å². The molecule has 126 valence electrons. The lowest BCUT2D eigenvalue weighted by Crippen LogP contribution is -2.15. The highest BCUT2D eigenvalue weighted by Crippen LogP contribution is 2.41. The quantitative estimate of drug-likeness (QED) is 0.477. The predicted molar refractivity (Wildman–Crippen MR) is 97.5 cm³/mol. The van der Waals surface area contributed by atoms with Gasteiger partial charge in [-0.2, -0.15) is 11.3 Å². The Bertz CT molecular complexity index is 1000. The highest BCUT2D eigenvalue weighted by Gasteiger charge is 2.24. The van der Waals surface area contributed by atoms with Gasteiger partial charge in [-0.25, -0.2) is 17.2 Å². The molecule has 0 spiro atoms. The summed E-state index contributed by atoms with van der Waals surface area (Å²) < 4.78 is 54.2. The Balaban J connectivity index is 1.98. The average molecular weight is 471 g/mol. The number of hydrogen-bond donors (Lipinski definition) is 1. The maximum atomic E-state index is 13.9. The van der Waals surface area contributed by atoms with Crippen LogP contribution < -0.4 is 4.72 Å². The molecule has 3 rings (SSSR count). The monoisotopic (exact) mass is 469 g/mol. The van der Waals surface area contributed by atoms with Crippen molar-refractivity contribution < 1.29 is 17.2 Å². The van der Waals surface area contributed by atoms with E-state index in [0.717, 1.165) is 11.6 Å². The number of hydrogen-bond acceptors (Lipinski definition) is 4. The Labute approximate surface area is 158 Å². The van der Waals surface area contributed by atoms with Crippen LogP contribution in [0.5, 0.6) is 0 Å². The lowest BCUT2D eigenvalue weighted by molar-refractivity contribution is 0.552. The number of sulfonamides is 1. The Hall–Kier alpha value is -1.00. The van der Waals surface area contributed by atoms with E-state index in [2.05, 4.69) is 20.7 Å². The summed E-state index contributed by atoms with van der Waals surface area (Å²) in [7, 11) is -4.32. The van der Waals surface area contributed by atoms with Gasteiger partial charge in [-0.1, -0.05) is 11.6 Å². The van der Waals surface area contributed by atoms with Crippen LogP contribution in [-0.4, -0.2) is 8.42 Å². The second-order valence-electron chi connectivity index (χ2n) is 4.61. The van der Waals surface area contributed by atoms with Crippen LogP contribution in [0.1, 0.15) is 0 Å². The minimum absolute atomic E-state index is 0.116. The molecule has 1 aromatic carbocycles. The molecule has 0 aliphatic carbocycles. The van der Waals surface area contributed by atoms with Gasteiger partial charge < -0.3 is 0 Å². The number of rotatable bonds is 4. The maximum Gasteiger partial charge on any atom is 0.264 e. The van der Waals surface area contributed by atoms with Crippen molar-refractivity contribution in [1.82, 2.24) is 0 Å². The zero-order valence-corrected chi connectivity index (χ0v) is 16.3. The summed E-state index contributed by atoms with van der Waals surface area (Å²) in [4.78, 5) is -0.0966. The number of halogens is 4. The van der Waals surface area contributed by atoms with Gasteiger partial charge in [0.2, 0.25) is 0 Å². The Morgan fingerprint density at radius 3 is 2.58 bits per heavy atom. The molecule has 0 saturated heterocycles. The molecule has 1 N–H and O–H groups in total. The number of nitrogens with one attached hydrogen (secondary N) is 1. The van der Waals surface area contributed by atoms with Crippen molar-refractivity contribution >= 4 is 65.9 Å². The van der Waals surface area contributed by atoms with Gasteiger partial charge in [0.25, 0.3) is 10.0 Å². The van der Waals surface area contributed by atoms with Gasteiger partial charge in [-0.3, -0.25) is 4.72 Å². The summed E-state index contributed by atoms with van der Waals surface area (Å²) in [5.41, 5.74) is 0.979. The lowest BCUT2D eigenvalue weighted by Gasteiger charge is -2.09. The Kier molecular flexibility index (Phi) is 4.99. The van der Waals surface area contributed by atoms with Crippen LogP contribution >= 0.6 is 50.2 Å². The molecule has 0 bridgehead atoms. The lowest BCUT2D eigenvalue weighted by atomic mass is 10.3. The van der Waals surface area contributed by atoms with E-state index >= 15 is 0 Å². The first-order chi connectivity index (χ1) is 11.3. The molecule has 10 heteroatoms. The van der Waals surface area contributed by atoms with E-state index in [0.29, 0.717) is 10.9 Å². The molecule has 0 unspecified atom stereocenters. The topological polar surface area (TPSA) is 46.2 Å². The molecule has 24 heavy (non-hydrogen) atoms. The molecule has 0 aliphatic rings. The summed E-state index contributed by atoms with van der Waals surface area (Å²) in [6.45, 7) is 0. The van der Waals surface area contributed by atoms with Gasteiger partial charge in [0, 0.05) is 10.9 Å². The number of anilines is 1. The smallest absolute Gasteiger partial charge is 0.264 e. The van der Waals surface area contributed by atoms with E-state index in [4.69, 9.17) is 11.6 Å². The van der Waals surface area contributed by atoms with Crippen molar-refractivity contribution in [3.63, 3.8) is 0 Å². The van der Waals surface area contributed by atoms with E-state index in [1.807, 2.05) is 16.8 Å². The molecule has 0 aliphatic heterocycles. The van der Waals surface area contributed by atoms with Crippen molar-refractivity contribution in [2.45, 2.75) is 4.90 Å². The molecule has 2 aromatic heterocycles. The fraction of sp³-hybridized carbons (Fsp3) is 0. The molecule has 3 nitrogen and oxygen atoms in total. The van der Waals surface area contributed by atoms with E-state index in [9.17, 15) is 17.2 Å². The van der Waals surface area contributed by atoms with E-state index in [-0.39, 0.29) is 15.2 Å². The van der Waals surface area contributed by atoms with Crippen molar-refractivity contribution in [3.8, 4) is 10.4 Å². The minimum Gasteiger partial charge on any atom is -0.277 e. The molecular weight excluding hydrogens is 464 g/mol. The van der Waals surface area contributed by atoms with Crippen molar-refractivity contribution in [2.75, 3.05) is 4.72 Å². The summed E-state index contributed by atoms with van der Waals surface area (Å²) in [5, 5.41) is 5.47. The molecule has 0 saturated carbocycles. The van der Waals surface area contributed by atoms with Gasteiger partial charge in [0.15, 0.2) is 0 Å². The first kappa shape index (κ1) is 17.8. The molecule has 2 heterocycles. The standard InChI is InChI=1S/C14H7BrClF2NO2S3/c15-8-3-10(18)12(4-9(8)17)24(20,21)19-11-6-23-14(13(11)16)7-1-2-22-5-7/h1-6,19H. The highest BCUT2D eigenvalue weighted by atomic mass is 79.9. The van der Waals surface area contributed by atoms with Gasteiger partial charge in [0.05, 0.1) is 20.1 Å². The average Bonchev–Trinajstić information content (AvgIpc) is 3.13. The summed E-state index contributed by atoms with van der Waals surface area (Å²) in [6, 6.07) is 3.22. The summed E-state index contributed by atoms with van der Waals surface area (Å²) >= 11 is 11.8. The van der Waals surface area contributed by atoms with Gasteiger partial charge >= 0.3 is 0 Å². The number of benzene rings is 1. The highest BCUT2D eigenvalue weighted by molar-refractivity contribution is 9.10. The third-order valence-corrected chi connectivity index (χ3v) is 7.23. The minimum atomic E-state index is -4.32. The van der Waals surface area contributed by atoms with Crippen LogP contribution in [0.4, 0.5) is 14.5 Å². The maximum absolute atomic E-state index is 13.9. The first-order valence-electron chi connectivity index (χ1n) is 6.26. The van der Waals surface area contributed by atoms with E-state index in [1.54, 1.807) is 0 Å². The fourth-order valence-corrected chi connectivity index (χ4v) is 5.51. The molecule has 3 aromatic rings. The van der Waals surface area contributed by atoms with E-state index < -0.39 is 26.6 Å². The zero-order chi connectivity index (χ0) is 17.5. The van der Waals surface area contributed by atoms with Crippen LogP contribution in [0.15, 0.2) is 43.7 Å². The fourth-order valence-electron chi connectivity index (χ4n) is 1.91.